The van der Waals surface area contributed by atoms with Crippen molar-refractivity contribution in [3.8, 4) is 0 Å². The number of carbonyl (C=O) groups is 1. The van der Waals surface area contributed by atoms with E-state index in [4.69, 9.17) is 0 Å². The van der Waals surface area contributed by atoms with Crippen molar-refractivity contribution >= 4 is 11.9 Å². The normalized spacial score (nSPS) is 15.9. The molecule has 0 radical (unpaired) electrons. The molecule has 0 spiro atoms. The van der Waals surface area contributed by atoms with Crippen molar-refractivity contribution < 1.29 is 4.79 Å². The largest absolute Gasteiger partial charge is 0.355 e. The molecule has 1 aliphatic carbocycles. The molecule has 0 bridgehead atoms. The third-order valence-corrected chi connectivity index (χ3v) is 5.61. The first-order valence-electron chi connectivity index (χ1n) is 10.2. The summed E-state index contributed by atoms with van der Waals surface area (Å²) >= 11 is 0. The minimum absolute atomic E-state index is 0.213. The Morgan fingerprint density at radius 1 is 1.24 bits per heavy atom. The molecule has 0 atom stereocenters. The van der Waals surface area contributed by atoms with Gasteiger partial charge in [0, 0.05) is 53.2 Å². The third-order valence-electron chi connectivity index (χ3n) is 5.61. The smallest absolute Gasteiger partial charge is 0.230 e. The number of guanidine groups is 1. The van der Waals surface area contributed by atoms with Gasteiger partial charge in [0.05, 0.1) is 11.7 Å². The maximum atomic E-state index is 12.7. The molecule has 7 heteroatoms. The topological polar surface area (TPSA) is 74.5 Å². The summed E-state index contributed by atoms with van der Waals surface area (Å²) < 4.78 is 2.05. The SMILES string of the molecule is CN=C(NCc1cccc(Cn2ccnc2)c1)NCC1(C(=O)N(C)C)CCCC1. The van der Waals surface area contributed by atoms with E-state index in [1.165, 1.54) is 11.1 Å². The van der Waals surface area contributed by atoms with Gasteiger partial charge in [-0.3, -0.25) is 9.79 Å². The van der Waals surface area contributed by atoms with E-state index in [0.29, 0.717) is 13.1 Å². The second kappa shape index (κ2) is 9.58. The Hall–Kier alpha value is -2.83. The number of rotatable bonds is 7. The standard InChI is InChI=1S/C22H32N6O/c1-23-21(26-16-22(9-4-5-10-22)20(29)27(2)3)25-14-18-7-6-8-19(13-18)15-28-12-11-24-17-28/h6-8,11-13,17H,4-5,9-10,14-16H2,1-3H3,(H2,23,25,26). The highest BCUT2D eigenvalue weighted by molar-refractivity contribution is 5.85. The summed E-state index contributed by atoms with van der Waals surface area (Å²) in [6.45, 7) is 2.09. The van der Waals surface area contributed by atoms with Crippen LogP contribution in [0.15, 0.2) is 48.0 Å². The first-order valence-corrected chi connectivity index (χ1v) is 10.2. The molecule has 2 N–H and O–H groups in total. The van der Waals surface area contributed by atoms with Gasteiger partial charge in [0.1, 0.15) is 0 Å². The lowest BCUT2D eigenvalue weighted by Gasteiger charge is -2.31. The minimum Gasteiger partial charge on any atom is -0.355 e. The maximum absolute atomic E-state index is 12.7. The first kappa shape index (κ1) is 20.9. The summed E-state index contributed by atoms with van der Waals surface area (Å²) in [5.74, 6) is 0.938. The molecule has 1 aromatic carbocycles. The van der Waals surface area contributed by atoms with Crippen LogP contribution in [0.3, 0.4) is 0 Å². The third kappa shape index (κ3) is 5.37. The van der Waals surface area contributed by atoms with Gasteiger partial charge in [-0.2, -0.15) is 0 Å². The summed E-state index contributed by atoms with van der Waals surface area (Å²) in [5.41, 5.74) is 2.10. The van der Waals surface area contributed by atoms with Crippen molar-refractivity contribution in [2.75, 3.05) is 27.7 Å². The van der Waals surface area contributed by atoms with Crippen LogP contribution in [0.4, 0.5) is 0 Å². The van der Waals surface area contributed by atoms with E-state index in [0.717, 1.165) is 38.2 Å². The molecule has 0 saturated heterocycles. The van der Waals surface area contributed by atoms with Crippen molar-refractivity contribution in [2.45, 2.75) is 38.8 Å². The van der Waals surface area contributed by atoms with E-state index >= 15 is 0 Å². The number of benzene rings is 1. The Balaban J connectivity index is 1.56. The van der Waals surface area contributed by atoms with Crippen LogP contribution in [-0.4, -0.2) is 54.0 Å². The lowest BCUT2D eigenvalue weighted by atomic mass is 9.84. The van der Waals surface area contributed by atoms with Gasteiger partial charge in [0.25, 0.3) is 0 Å². The van der Waals surface area contributed by atoms with Crippen LogP contribution >= 0.6 is 0 Å². The molecule has 1 saturated carbocycles. The molecule has 2 aromatic rings. The van der Waals surface area contributed by atoms with Gasteiger partial charge in [-0.25, -0.2) is 4.98 Å². The summed E-state index contributed by atoms with van der Waals surface area (Å²) in [4.78, 5) is 22.9. The number of nitrogens with zero attached hydrogens (tertiary/aromatic N) is 4. The average Bonchev–Trinajstić information content (AvgIpc) is 3.40. The fourth-order valence-corrected chi connectivity index (χ4v) is 4.08. The Bertz CT molecular complexity index is 822. The number of nitrogens with one attached hydrogen (secondary N) is 2. The Labute approximate surface area is 173 Å². The number of aliphatic imine (C=N–C) groups is 1. The summed E-state index contributed by atoms with van der Waals surface area (Å²) in [7, 11) is 5.44. The predicted octanol–water partition coefficient (Wildman–Crippen LogP) is 2.24. The molecule has 0 aliphatic heterocycles. The second-order valence-corrected chi connectivity index (χ2v) is 8.02. The number of amides is 1. The highest BCUT2D eigenvalue weighted by atomic mass is 16.2. The monoisotopic (exact) mass is 396 g/mol. The van der Waals surface area contributed by atoms with Crippen LogP contribution in [0.5, 0.6) is 0 Å². The number of hydrogen-bond donors (Lipinski definition) is 2. The Kier molecular flexibility index (Phi) is 6.90. The number of imidazole rings is 1. The van der Waals surface area contributed by atoms with Gasteiger partial charge in [0.15, 0.2) is 5.96 Å². The van der Waals surface area contributed by atoms with E-state index in [1.54, 1.807) is 18.1 Å². The van der Waals surface area contributed by atoms with E-state index in [1.807, 2.05) is 26.6 Å². The van der Waals surface area contributed by atoms with E-state index in [9.17, 15) is 4.79 Å². The van der Waals surface area contributed by atoms with Crippen molar-refractivity contribution in [2.24, 2.45) is 10.4 Å². The summed E-state index contributed by atoms with van der Waals surface area (Å²) in [5, 5.41) is 6.76. The molecule has 3 rings (SSSR count). The van der Waals surface area contributed by atoms with E-state index < -0.39 is 0 Å². The van der Waals surface area contributed by atoms with Gasteiger partial charge in [-0.1, -0.05) is 37.1 Å². The highest BCUT2D eigenvalue weighted by Crippen LogP contribution is 2.38. The zero-order chi connectivity index (χ0) is 20.7. The van der Waals surface area contributed by atoms with E-state index in [2.05, 4.69) is 49.4 Å². The molecule has 0 unspecified atom stereocenters. The summed E-state index contributed by atoms with van der Waals surface area (Å²) in [6, 6.07) is 8.48. The Morgan fingerprint density at radius 2 is 2.00 bits per heavy atom. The number of hydrogen-bond acceptors (Lipinski definition) is 3. The molecule has 1 heterocycles. The Morgan fingerprint density at radius 3 is 2.66 bits per heavy atom. The highest BCUT2D eigenvalue weighted by Gasteiger charge is 2.42. The molecule has 156 valence electrons. The van der Waals surface area contributed by atoms with Gasteiger partial charge in [-0.05, 0) is 24.0 Å². The quantitative estimate of drug-likeness (QED) is 0.556. The fourth-order valence-electron chi connectivity index (χ4n) is 4.08. The van der Waals surface area contributed by atoms with Crippen LogP contribution in [0, 0.1) is 5.41 Å². The van der Waals surface area contributed by atoms with Crippen molar-refractivity contribution in [1.29, 1.82) is 0 Å². The van der Waals surface area contributed by atoms with Gasteiger partial charge in [0.2, 0.25) is 5.91 Å². The molecule has 1 aromatic heterocycles. The van der Waals surface area contributed by atoms with Crippen LogP contribution in [0.2, 0.25) is 0 Å². The van der Waals surface area contributed by atoms with Crippen LogP contribution in [0.1, 0.15) is 36.8 Å². The molecular formula is C22H32N6O. The zero-order valence-electron chi connectivity index (χ0n) is 17.7. The molecule has 1 amide bonds. The second-order valence-electron chi connectivity index (χ2n) is 8.02. The molecule has 1 fully saturated rings. The van der Waals surface area contributed by atoms with Crippen molar-refractivity contribution in [1.82, 2.24) is 25.1 Å². The number of carbonyl (C=O) groups excluding carboxylic acids is 1. The number of aromatic nitrogens is 2. The van der Waals surface area contributed by atoms with Crippen molar-refractivity contribution in [3.63, 3.8) is 0 Å². The van der Waals surface area contributed by atoms with Crippen molar-refractivity contribution in [3.05, 3.63) is 54.1 Å². The molecular weight excluding hydrogens is 364 g/mol. The summed E-state index contributed by atoms with van der Waals surface area (Å²) in [6.07, 6.45) is 9.66. The van der Waals surface area contributed by atoms with Gasteiger partial charge >= 0.3 is 0 Å². The average molecular weight is 397 g/mol. The maximum Gasteiger partial charge on any atom is 0.230 e. The van der Waals surface area contributed by atoms with Crippen LogP contribution in [0.25, 0.3) is 0 Å². The molecule has 1 aliphatic rings. The van der Waals surface area contributed by atoms with Crippen LogP contribution < -0.4 is 10.6 Å². The van der Waals surface area contributed by atoms with Gasteiger partial charge < -0.3 is 20.1 Å². The molecule has 7 nitrogen and oxygen atoms in total. The van der Waals surface area contributed by atoms with Crippen LogP contribution in [-0.2, 0) is 17.9 Å². The lowest BCUT2D eigenvalue weighted by Crippen LogP contribution is -2.49. The zero-order valence-corrected chi connectivity index (χ0v) is 17.7. The fraction of sp³-hybridized carbons (Fsp3) is 0.500. The lowest BCUT2D eigenvalue weighted by molar-refractivity contribution is -0.138. The minimum atomic E-state index is -0.314. The van der Waals surface area contributed by atoms with E-state index in [-0.39, 0.29) is 11.3 Å². The predicted molar refractivity (Wildman–Crippen MR) is 116 cm³/mol. The van der Waals surface area contributed by atoms with Gasteiger partial charge in [-0.15, -0.1) is 0 Å². The first-order chi connectivity index (χ1) is 14.0. The molecule has 29 heavy (non-hydrogen) atoms.